The van der Waals surface area contributed by atoms with Gasteiger partial charge in [0, 0.05) is 71.9 Å². The highest BCUT2D eigenvalue weighted by molar-refractivity contribution is 9.10. The van der Waals surface area contributed by atoms with Crippen LogP contribution in [0.2, 0.25) is 0 Å². The van der Waals surface area contributed by atoms with Gasteiger partial charge in [0.25, 0.3) is 0 Å². The molecule has 2 aromatic heterocycles. The van der Waals surface area contributed by atoms with E-state index in [0.29, 0.717) is 21.2 Å². The summed E-state index contributed by atoms with van der Waals surface area (Å²) in [5.74, 6) is -0.636. The molecule has 1 fully saturated rings. The Labute approximate surface area is 417 Å². The summed E-state index contributed by atoms with van der Waals surface area (Å²) in [5, 5.41) is 21.6. The second-order valence-electron chi connectivity index (χ2n) is 18.5. The molecule has 2 N–H and O–H groups in total. The minimum atomic E-state index is -4.91. The number of ether oxygens (including phenoxy) is 2. The van der Waals surface area contributed by atoms with Gasteiger partial charge in [0.05, 0.1) is 14.2 Å². The maximum Gasteiger partial charge on any atom is 0.495 e. The molecular formula is C53H56BBrF8N2O6. The van der Waals surface area contributed by atoms with E-state index >= 15 is 0 Å². The second kappa shape index (κ2) is 23.9. The monoisotopic (exact) mass is 1060 g/mol. The molecular weight excluding hydrogens is 1000 g/mol. The van der Waals surface area contributed by atoms with Crippen LogP contribution in [-0.4, -0.2) is 78.3 Å². The normalized spacial score (nSPS) is 15.0. The lowest BCUT2D eigenvalue weighted by Gasteiger charge is -2.38. The zero-order chi connectivity index (χ0) is 52.3. The van der Waals surface area contributed by atoms with Crippen molar-refractivity contribution in [3.8, 4) is 22.6 Å². The Morgan fingerprint density at radius 2 is 1.06 bits per heavy atom. The largest absolute Gasteiger partial charge is 0.496 e. The number of alkyl halides is 6. The molecule has 71 heavy (non-hydrogen) atoms. The Bertz CT molecular complexity index is 2640. The lowest BCUT2D eigenvalue weighted by Crippen LogP contribution is -2.50. The number of hydrogen-bond donors (Lipinski definition) is 2. The van der Waals surface area contributed by atoms with Crippen molar-refractivity contribution in [3.63, 3.8) is 0 Å². The molecule has 380 valence electrons. The van der Waals surface area contributed by atoms with E-state index in [0.717, 1.165) is 42.8 Å². The zero-order valence-corrected chi connectivity index (χ0v) is 41.6. The van der Waals surface area contributed by atoms with Crippen LogP contribution in [0.4, 0.5) is 35.1 Å². The lowest BCUT2D eigenvalue weighted by atomic mass is 9.72. The summed E-state index contributed by atoms with van der Waals surface area (Å²) in [4.78, 5) is 8.04. The van der Waals surface area contributed by atoms with Crippen molar-refractivity contribution in [1.82, 2.24) is 9.97 Å². The van der Waals surface area contributed by atoms with Crippen molar-refractivity contribution < 1.29 is 64.1 Å². The Balaban J connectivity index is 0.000000216. The number of methoxy groups -OCH3 is 2. The van der Waals surface area contributed by atoms with Crippen LogP contribution in [0.25, 0.3) is 11.1 Å². The third-order valence-corrected chi connectivity index (χ3v) is 12.4. The predicted octanol–water partition coefficient (Wildman–Crippen LogP) is 12.1. The lowest BCUT2D eigenvalue weighted by molar-refractivity contribution is -0.266. The fraction of sp³-hybridized carbons (Fsp3) is 0.358. The molecule has 4 aromatic carbocycles. The topological polar surface area (TPSA) is 103 Å². The molecule has 6 aromatic rings. The van der Waals surface area contributed by atoms with Gasteiger partial charge >= 0.3 is 19.5 Å². The fourth-order valence-electron chi connectivity index (χ4n) is 8.51. The van der Waals surface area contributed by atoms with Gasteiger partial charge in [0.1, 0.15) is 23.1 Å². The number of pyridine rings is 2. The Kier molecular flexibility index (Phi) is 19.0. The van der Waals surface area contributed by atoms with Crippen LogP contribution >= 0.6 is 15.9 Å². The van der Waals surface area contributed by atoms with Crippen molar-refractivity contribution in [3.05, 3.63) is 172 Å². The first-order valence-electron chi connectivity index (χ1n) is 22.4. The molecule has 0 saturated carbocycles. The maximum atomic E-state index is 14.2. The van der Waals surface area contributed by atoms with Gasteiger partial charge in [-0.25, -0.2) is 8.78 Å². The van der Waals surface area contributed by atoms with E-state index in [4.69, 9.17) is 18.8 Å². The van der Waals surface area contributed by atoms with Crippen LogP contribution in [0.15, 0.2) is 138 Å². The van der Waals surface area contributed by atoms with Crippen LogP contribution in [0.1, 0.15) is 69.2 Å². The highest BCUT2D eigenvalue weighted by atomic mass is 79.9. The summed E-state index contributed by atoms with van der Waals surface area (Å²) >= 11 is 3.22. The molecule has 0 amide bonds. The van der Waals surface area contributed by atoms with Crippen LogP contribution in [0, 0.1) is 11.6 Å². The van der Waals surface area contributed by atoms with Gasteiger partial charge in [-0.05, 0) is 113 Å². The average molecular weight is 1060 g/mol. The number of rotatable bonds is 14. The van der Waals surface area contributed by atoms with Gasteiger partial charge in [-0.3, -0.25) is 9.97 Å². The summed E-state index contributed by atoms with van der Waals surface area (Å²) < 4.78 is 133. The highest BCUT2D eigenvalue weighted by Gasteiger charge is 2.57. The quantitative estimate of drug-likeness (QED) is 0.0821. The average Bonchev–Trinajstić information content (AvgIpc) is 3.32. The van der Waals surface area contributed by atoms with E-state index < -0.39 is 71.7 Å². The number of hydrogen-bond acceptors (Lipinski definition) is 8. The summed E-state index contributed by atoms with van der Waals surface area (Å²) in [5.41, 5.74) is -4.83. The molecule has 18 heteroatoms. The molecule has 8 nitrogen and oxygen atoms in total. The molecule has 0 spiro atoms. The van der Waals surface area contributed by atoms with Gasteiger partial charge in [0.15, 0.2) is 11.2 Å². The number of benzene rings is 4. The van der Waals surface area contributed by atoms with E-state index in [1.807, 2.05) is 12.1 Å². The Morgan fingerprint density at radius 3 is 1.49 bits per heavy atom. The molecule has 1 aliphatic rings. The number of aromatic nitrogens is 2. The molecule has 1 aliphatic heterocycles. The second-order valence-corrected chi connectivity index (χ2v) is 19.4. The number of halogens is 9. The van der Waals surface area contributed by atoms with Crippen molar-refractivity contribution in [2.45, 2.75) is 94.2 Å². The first-order valence-corrected chi connectivity index (χ1v) is 23.2. The van der Waals surface area contributed by atoms with Gasteiger partial charge in [0.2, 0.25) is 0 Å². The molecule has 2 unspecified atom stereocenters. The zero-order valence-electron chi connectivity index (χ0n) is 40.1. The van der Waals surface area contributed by atoms with E-state index in [2.05, 4.69) is 25.9 Å². The molecule has 2 atom stereocenters. The Hall–Kier alpha value is -5.40. The Morgan fingerprint density at radius 1 is 0.592 bits per heavy atom. The van der Waals surface area contributed by atoms with Crippen molar-refractivity contribution in [2.24, 2.45) is 0 Å². The summed E-state index contributed by atoms with van der Waals surface area (Å²) in [6.07, 6.45) is -4.65. The smallest absolute Gasteiger partial charge is 0.495 e. The minimum Gasteiger partial charge on any atom is -0.496 e. The van der Waals surface area contributed by atoms with Gasteiger partial charge in [-0.15, -0.1) is 0 Å². The van der Waals surface area contributed by atoms with Crippen LogP contribution in [0.3, 0.4) is 0 Å². The van der Waals surface area contributed by atoms with Gasteiger partial charge in [-0.2, -0.15) is 26.3 Å². The van der Waals surface area contributed by atoms with Crippen LogP contribution < -0.4 is 14.9 Å². The van der Waals surface area contributed by atoms with E-state index in [1.165, 1.54) is 78.3 Å². The van der Waals surface area contributed by atoms with Gasteiger partial charge < -0.3 is 29.0 Å². The van der Waals surface area contributed by atoms with Crippen molar-refractivity contribution in [2.75, 3.05) is 27.4 Å². The van der Waals surface area contributed by atoms with E-state index in [1.54, 1.807) is 73.3 Å². The molecule has 0 aliphatic carbocycles. The van der Waals surface area contributed by atoms with Crippen LogP contribution in [-0.2, 0) is 33.0 Å². The minimum absolute atomic E-state index is 0.201. The number of aliphatic hydroxyl groups is 2. The maximum absolute atomic E-state index is 14.2. The SMILES string of the molecule is COc1ccc(F)cc1C(C)(C)CC(O)(Cc1cccc(-c2cccnc2)c1)C(F)(F)F.COc1ccc(F)cc1C(C)(C)CC(O)(Cc1cccc(Br)c1)C(F)(F)F.c1cncc(B2OCCCO2)c1. The fourth-order valence-corrected chi connectivity index (χ4v) is 8.96. The molecule has 7 rings (SSSR count). The van der Waals surface area contributed by atoms with Crippen molar-refractivity contribution in [1.29, 1.82) is 0 Å². The summed E-state index contributed by atoms with van der Waals surface area (Å²) in [7, 11) is 2.53. The standard InChI is InChI=1S/C25H25F4NO2.C20H21BrF4O2.C8H10BNO2/c1-23(2,21-13-20(26)9-10-22(21)32-3)16-24(31,25(27,28)29)14-17-6-4-7-18(12-17)19-8-5-11-30-15-19;1-18(2,16-10-15(22)7-8-17(16)27-3)12-19(26,20(23,24)25)11-13-5-4-6-14(21)9-13;1-3-8(7-10-4-1)9-11-5-2-6-12-9/h4-13,15,31H,14,16H2,1-3H3;4-10,26H,11-12H2,1-3H3;1,3-4,7H,2,5-6H2. The van der Waals surface area contributed by atoms with Gasteiger partial charge in [-0.1, -0.05) is 92.2 Å². The first kappa shape index (κ1) is 56.5. The van der Waals surface area contributed by atoms with E-state index in [-0.39, 0.29) is 29.7 Å². The van der Waals surface area contributed by atoms with Crippen LogP contribution in [0.5, 0.6) is 11.5 Å². The van der Waals surface area contributed by atoms with Crippen molar-refractivity contribution >= 4 is 28.5 Å². The summed E-state index contributed by atoms with van der Waals surface area (Å²) in [6.45, 7) is 7.68. The third-order valence-electron chi connectivity index (χ3n) is 11.9. The molecule has 0 bridgehead atoms. The first-order chi connectivity index (χ1) is 33.3. The highest BCUT2D eigenvalue weighted by Crippen LogP contribution is 2.47. The molecule has 1 saturated heterocycles. The number of nitrogens with zero attached hydrogens (tertiary/aromatic N) is 2. The molecule has 3 heterocycles. The molecule has 0 radical (unpaired) electrons. The third kappa shape index (κ3) is 15.3. The summed E-state index contributed by atoms with van der Waals surface area (Å²) in [6, 6.07) is 27.7. The van der Waals surface area contributed by atoms with E-state index in [9.17, 15) is 45.3 Å². The predicted molar refractivity (Wildman–Crippen MR) is 261 cm³/mol.